The Morgan fingerprint density at radius 1 is 1.15 bits per heavy atom. The third-order valence-electron chi connectivity index (χ3n) is 5.77. The number of hydrogen-bond donors (Lipinski definition) is 2. The maximum Gasteiger partial charge on any atom is 0.256 e. The number of benzene rings is 2. The van der Waals surface area contributed by atoms with Gasteiger partial charge in [-0.15, -0.1) is 0 Å². The van der Waals surface area contributed by atoms with E-state index in [1.165, 1.54) is 10.9 Å². The van der Waals surface area contributed by atoms with Crippen LogP contribution in [0.1, 0.15) is 38.2 Å². The summed E-state index contributed by atoms with van der Waals surface area (Å²) in [5, 5.41) is 20.5. The van der Waals surface area contributed by atoms with Crippen molar-refractivity contribution in [2.75, 3.05) is 10.6 Å². The van der Waals surface area contributed by atoms with E-state index in [9.17, 15) is 14.9 Å². The summed E-state index contributed by atoms with van der Waals surface area (Å²) >= 11 is 0. The molecule has 5 rings (SSSR count). The Balaban J connectivity index is 1.56. The summed E-state index contributed by atoms with van der Waals surface area (Å²) in [5.74, 6) is 0.246. The predicted molar refractivity (Wildman–Crippen MR) is 125 cm³/mol. The molecule has 0 saturated carbocycles. The first-order valence-corrected chi connectivity index (χ1v) is 10.5. The lowest BCUT2D eigenvalue weighted by Crippen LogP contribution is -2.17. The number of pyridine rings is 1. The van der Waals surface area contributed by atoms with E-state index < -0.39 is 5.91 Å². The Kier molecular flexibility index (Phi) is 4.68. The summed E-state index contributed by atoms with van der Waals surface area (Å²) in [6, 6.07) is 13.1. The van der Waals surface area contributed by atoms with E-state index in [1.54, 1.807) is 18.2 Å². The molecule has 1 aliphatic heterocycles. The topological polar surface area (TPSA) is 113 Å². The Morgan fingerprint density at radius 2 is 1.97 bits per heavy atom. The number of aryl methyl sites for hydroxylation is 3. The molecule has 0 fully saturated rings. The van der Waals surface area contributed by atoms with E-state index in [0.717, 1.165) is 33.2 Å². The van der Waals surface area contributed by atoms with Crippen LogP contribution in [0.3, 0.4) is 0 Å². The van der Waals surface area contributed by atoms with Crippen LogP contribution in [-0.4, -0.2) is 26.6 Å². The highest BCUT2D eigenvalue weighted by molar-refractivity contribution is 6.06. The van der Waals surface area contributed by atoms with Gasteiger partial charge in [-0.05, 0) is 67.8 Å². The van der Waals surface area contributed by atoms with Crippen molar-refractivity contribution in [2.45, 2.75) is 27.2 Å². The molecule has 162 valence electrons. The highest BCUT2D eigenvalue weighted by atomic mass is 16.2. The predicted octanol–water partition coefficient (Wildman–Crippen LogP) is 3.96. The Labute approximate surface area is 189 Å². The number of carbonyl (C=O) groups excluding carboxylic acids is 2. The Morgan fingerprint density at radius 3 is 2.76 bits per heavy atom. The van der Waals surface area contributed by atoms with Crippen LogP contribution in [-0.2, 0) is 11.2 Å². The highest BCUT2D eigenvalue weighted by Crippen LogP contribution is 2.28. The van der Waals surface area contributed by atoms with Gasteiger partial charge in [0.15, 0.2) is 11.6 Å². The first-order valence-electron chi connectivity index (χ1n) is 10.5. The normalized spacial score (nSPS) is 12.4. The number of amides is 2. The number of carbonyl (C=O) groups is 2. The molecule has 1 aliphatic rings. The molecule has 2 aromatic carbocycles. The molecule has 3 heterocycles. The largest absolute Gasteiger partial charge is 0.326 e. The SMILES string of the molecule is Cc1cc(C)c2nc(-n3ncc(C#N)c3NC(=O)c3ccc4c(c3)CC(=O)N4)cc(C)c2c1. The molecule has 4 aromatic rings. The number of anilines is 2. The maximum absolute atomic E-state index is 13.0. The number of aromatic nitrogens is 3. The van der Waals surface area contributed by atoms with Gasteiger partial charge in [0.05, 0.1) is 18.1 Å². The average Bonchev–Trinajstić information content (AvgIpc) is 3.35. The summed E-state index contributed by atoms with van der Waals surface area (Å²) < 4.78 is 1.47. The van der Waals surface area contributed by atoms with Crippen LogP contribution in [0.25, 0.3) is 16.7 Å². The summed E-state index contributed by atoms with van der Waals surface area (Å²) in [7, 11) is 0. The van der Waals surface area contributed by atoms with Crippen molar-refractivity contribution in [2.24, 2.45) is 0 Å². The lowest BCUT2D eigenvalue weighted by Gasteiger charge is -2.13. The van der Waals surface area contributed by atoms with Crippen LogP contribution in [0.15, 0.2) is 42.6 Å². The van der Waals surface area contributed by atoms with Crippen molar-refractivity contribution in [3.8, 4) is 11.9 Å². The van der Waals surface area contributed by atoms with E-state index in [-0.39, 0.29) is 23.7 Å². The van der Waals surface area contributed by atoms with Crippen molar-refractivity contribution >= 4 is 34.2 Å². The number of nitrogens with one attached hydrogen (secondary N) is 2. The van der Waals surface area contributed by atoms with Gasteiger partial charge in [0.25, 0.3) is 5.91 Å². The van der Waals surface area contributed by atoms with Crippen molar-refractivity contribution < 1.29 is 9.59 Å². The summed E-state index contributed by atoms with van der Waals surface area (Å²) in [5.41, 5.74) is 6.14. The Hall–Kier alpha value is -4.51. The van der Waals surface area contributed by atoms with Crippen LogP contribution in [0.2, 0.25) is 0 Å². The van der Waals surface area contributed by atoms with Gasteiger partial charge in [0, 0.05) is 16.6 Å². The van der Waals surface area contributed by atoms with Crippen molar-refractivity contribution in [1.29, 1.82) is 5.26 Å². The molecular formula is C25H20N6O2. The number of nitrogens with zero attached hydrogens (tertiary/aromatic N) is 4. The molecule has 33 heavy (non-hydrogen) atoms. The van der Waals surface area contributed by atoms with E-state index in [0.29, 0.717) is 17.1 Å². The number of rotatable bonds is 3. The molecule has 0 radical (unpaired) electrons. The number of hydrogen-bond acceptors (Lipinski definition) is 5. The van der Waals surface area contributed by atoms with Gasteiger partial charge < -0.3 is 10.6 Å². The standard InChI is InChI=1S/C25H20N6O2/c1-13-6-15(3)23-19(7-13)14(2)8-21(29-23)31-24(18(11-26)12-27-31)30-25(33)16-4-5-20-17(9-16)10-22(32)28-20/h4-9,12H,10H2,1-3H3,(H,28,32)(H,30,33). The van der Waals surface area contributed by atoms with Gasteiger partial charge in [-0.3, -0.25) is 9.59 Å². The van der Waals surface area contributed by atoms with Crippen LogP contribution in [0.5, 0.6) is 0 Å². The van der Waals surface area contributed by atoms with E-state index in [2.05, 4.69) is 33.9 Å². The fourth-order valence-electron chi connectivity index (χ4n) is 4.21. The minimum Gasteiger partial charge on any atom is -0.326 e. The van der Waals surface area contributed by atoms with E-state index in [4.69, 9.17) is 4.98 Å². The van der Waals surface area contributed by atoms with Crippen molar-refractivity contribution in [3.05, 3.63) is 76.0 Å². The number of fused-ring (bicyclic) bond motifs is 2. The molecule has 8 nitrogen and oxygen atoms in total. The van der Waals surface area contributed by atoms with Gasteiger partial charge in [-0.25, -0.2) is 4.98 Å². The van der Waals surface area contributed by atoms with Crippen LogP contribution >= 0.6 is 0 Å². The molecule has 2 amide bonds. The zero-order valence-electron chi connectivity index (χ0n) is 18.4. The Bertz CT molecular complexity index is 1530. The van der Waals surface area contributed by atoms with E-state index in [1.807, 2.05) is 26.8 Å². The van der Waals surface area contributed by atoms with Crippen LogP contribution in [0, 0.1) is 32.1 Å². The summed E-state index contributed by atoms with van der Waals surface area (Å²) in [6.07, 6.45) is 1.64. The van der Waals surface area contributed by atoms with Crippen LogP contribution < -0.4 is 10.6 Å². The fourth-order valence-corrected chi connectivity index (χ4v) is 4.21. The second-order valence-electron chi connectivity index (χ2n) is 8.26. The quantitative estimate of drug-likeness (QED) is 0.505. The van der Waals surface area contributed by atoms with Gasteiger partial charge in [-0.1, -0.05) is 11.6 Å². The lowest BCUT2D eigenvalue weighted by atomic mass is 10.0. The van der Waals surface area contributed by atoms with Gasteiger partial charge in [0.1, 0.15) is 11.6 Å². The first-order chi connectivity index (χ1) is 15.8. The summed E-state index contributed by atoms with van der Waals surface area (Å²) in [6.45, 7) is 6.05. The zero-order valence-corrected chi connectivity index (χ0v) is 18.4. The van der Waals surface area contributed by atoms with Gasteiger partial charge in [-0.2, -0.15) is 15.0 Å². The monoisotopic (exact) mass is 436 g/mol. The molecule has 2 aromatic heterocycles. The zero-order chi connectivity index (χ0) is 23.3. The maximum atomic E-state index is 13.0. The molecule has 0 spiro atoms. The molecule has 8 heteroatoms. The lowest BCUT2D eigenvalue weighted by molar-refractivity contribution is -0.115. The minimum absolute atomic E-state index is 0.101. The van der Waals surface area contributed by atoms with Crippen LogP contribution in [0.4, 0.5) is 11.5 Å². The molecule has 0 unspecified atom stereocenters. The van der Waals surface area contributed by atoms with E-state index >= 15 is 0 Å². The second-order valence-corrected chi connectivity index (χ2v) is 8.26. The third kappa shape index (κ3) is 3.49. The minimum atomic E-state index is -0.403. The average molecular weight is 436 g/mol. The van der Waals surface area contributed by atoms with Gasteiger partial charge in [0.2, 0.25) is 5.91 Å². The van der Waals surface area contributed by atoms with Crippen molar-refractivity contribution in [3.63, 3.8) is 0 Å². The van der Waals surface area contributed by atoms with Gasteiger partial charge >= 0.3 is 0 Å². The molecular weight excluding hydrogens is 416 g/mol. The molecule has 0 saturated heterocycles. The first kappa shape index (κ1) is 20.4. The molecule has 0 atom stereocenters. The second kappa shape index (κ2) is 7.57. The molecule has 2 N–H and O–H groups in total. The highest BCUT2D eigenvalue weighted by Gasteiger charge is 2.21. The number of nitriles is 1. The van der Waals surface area contributed by atoms with Crippen molar-refractivity contribution in [1.82, 2.24) is 14.8 Å². The fraction of sp³-hybridized carbons (Fsp3) is 0.160. The smallest absolute Gasteiger partial charge is 0.256 e. The molecule has 0 aliphatic carbocycles. The molecule has 0 bridgehead atoms. The third-order valence-corrected chi connectivity index (χ3v) is 5.77. The summed E-state index contributed by atoms with van der Waals surface area (Å²) in [4.78, 5) is 29.4.